The van der Waals surface area contributed by atoms with Crippen LogP contribution in [-0.2, 0) is 21.0 Å². The number of carbonyl (C=O) groups excluding carboxylic acids is 2. The van der Waals surface area contributed by atoms with Crippen LogP contribution in [0.3, 0.4) is 0 Å². The minimum atomic E-state index is -0.813. The molecule has 3 aromatic rings. The maximum atomic E-state index is 13.4. The molecule has 2 N–H and O–H groups in total. The third-order valence-corrected chi connectivity index (χ3v) is 6.44. The van der Waals surface area contributed by atoms with E-state index in [1.807, 2.05) is 78.9 Å². The summed E-state index contributed by atoms with van der Waals surface area (Å²) < 4.78 is 5.64. The zero-order valence-corrected chi connectivity index (χ0v) is 20.6. The average molecular weight is 492 g/mol. The van der Waals surface area contributed by atoms with Gasteiger partial charge in [0.2, 0.25) is 5.91 Å². The molecule has 0 fully saturated rings. The van der Waals surface area contributed by atoms with Gasteiger partial charge in [-0.25, -0.2) is 4.79 Å². The molecule has 2 atom stereocenters. The fourth-order valence-corrected chi connectivity index (χ4v) is 4.51. The Morgan fingerprint density at radius 1 is 1.09 bits per heavy atom. The van der Waals surface area contributed by atoms with Crippen molar-refractivity contribution in [2.45, 2.75) is 32.6 Å². The van der Waals surface area contributed by atoms with Gasteiger partial charge in [-0.3, -0.25) is 20.0 Å². The van der Waals surface area contributed by atoms with Crippen molar-refractivity contribution in [2.24, 2.45) is 0 Å². The Labute approximate surface area is 209 Å². The number of hydrogen-bond donors (Lipinski definition) is 2. The highest BCUT2D eigenvalue weighted by atomic mass is 32.2. The number of fused-ring (bicyclic) bond motifs is 1. The standard InChI is InChI=1S/C27H29N3O4S/c1-3-35-25-16-22(34-29-25)17-28-26(31)19(2)30(27(32)33-18-20-10-5-4-6-11-20)24-15-9-13-21-12-7-8-14-23(21)24/h4-16,19,22,29H,3,17-18H2,1-2H3,(H,28,31)/t19-,22?/m0/s1. The summed E-state index contributed by atoms with van der Waals surface area (Å²) in [4.78, 5) is 33.5. The molecule has 3 aromatic carbocycles. The summed E-state index contributed by atoms with van der Waals surface area (Å²) in [7, 11) is 0. The van der Waals surface area contributed by atoms with Crippen LogP contribution in [0.1, 0.15) is 19.4 Å². The van der Waals surface area contributed by atoms with E-state index in [2.05, 4.69) is 17.7 Å². The first-order valence-corrected chi connectivity index (χ1v) is 12.6. The maximum Gasteiger partial charge on any atom is 0.415 e. The van der Waals surface area contributed by atoms with Crippen LogP contribution >= 0.6 is 11.8 Å². The van der Waals surface area contributed by atoms with Crippen molar-refractivity contribution in [3.05, 3.63) is 89.5 Å². The summed E-state index contributed by atoms with van der Waals surface area (Å²) in [6, 6.07) is 22.1. The van der Waals surface area contributed by atoms with E-state index in [1.54, 1.807) is 18.7 Å². The molecule has 0 saturated carbocycles. The van der Waals surface area contributed by atoms with Crippen LogP contribution in [0, 0.1) is 0 Å². The monoisotopic (exact) mass is 491 g/mol. The molecule has 1 aliphatic rings. The van der Waals surface area contributed by atoms with E-state index < -0.39 is 12.1 Å². The van der Waals surface area contributed by atoms with Gasteiger partial charge in [0.05, 0.1) is 17.3 Å². The Morgan fingerprint density at radius 3 is 2.63 bits per heavy atom. The fraction of sp³-hybridized carbons (Fsp3) is 0.259. The molecular weight excluding hydrogens is 462 g/mol. The van der Waals surface area contributed by atoms with E-state index in [1.165, 1.54) is 4.90 Å². The second-order valence-corrected chi connectivity index (χ2v) is 9.36. The van der Waals surface area contributed by atoms with Gasteiger partial charge in [-0.2, -0.15) is 0 Å². The van der Waals surface area contributed by atoms with E-state index in [9.17, 15) is 9.59 Å². The van der Waals surface area contributed by atoms with Crippen molar-refractivity contribution in [1.29, 1.82) is 0 Å². The molecule has 8 heteroatoms. The highest BCUT2D eigenvalue weighted by molar-refractivity contribution is 8.02. The zero-order valence-electron chi connectivity index (χ0n) is 19.8. The van der Waals surface area contributed by atoms with Gasteiger partial charge in [0.15, 0.2) is 0 Å². The van der Waals surface area contributed by atoms with Crippen LogP contribution in [0.25, 0.3) is 10.8 Å². The number of hydroxylamine groups is 1. The van der Waals surface area contributed by atoms with Gasteiger partial charge in [-0.05, 0) is 35.8 Å². The second-order valence-electron chi connectivity index (χ2n) is 8.05. The van der Waals surface area contributed by atoms with Gasteiger partial charge in [0, 0.05) is 5.39 Å². The molecule has 0 bridgehead atoms. The van der Waals surface area contributed by atoms with Gasteiger partial charge in [0.25, 0.3) is 0 Å². The number of thioether (sulfide) groups is 1. The number of benzene rings is 3. The molecule has 4 rings (SSSR count). The zero-order chi connectivity index (χ0) is 24.6. The number of nitrogens with zero attached hydrogens (tertiary/aromatic N) is 1. The van der Waals surface area contributed by atoms with E-state index in [0.29, 0.717) is 5.69 Å². The Kier molecular flexibility index (Phi) is 8.28. The lowest BCUT2D eigenvalue weighted by molar-refractivity contribution is -0.122. The highest BCUT2D eigenvalue weighted by Gasteiger charge is 2.30. The number of amides is 2. The van der Waals surface area contributed by atoms with Crippen LogP contribution in [0.4, 0.5) is 10.5 Å². The van der Waals surface area contributed by atoms with Crippen LogP contribution in [-0.4, -0.2) is 36.4 Å². The molecule has 1 unspecified atom stereocenters. The Bertz CT molecular complexity index is 1200. The molecule has 1 heterocycles. The first-order valence-electron chi connectivity index (χ1n) is 11.6. The second kappa shape index (κ2) is 11.8. The number of ether oxygens (including phenoxy) is 1. The smallest absolute Gasteiger partial charge is 0.415 e. The molecule has 0 radical (unpaired) electrons. The lowest BCUT2D eigenvalue weighted by Crippen LogP contribution is -2.49. The molecule has 35 heavy (non-hydrogen) atoms. The molecule has 0 aromatic heterocycles. The van der Waals surface area contributed by atoms with Gasteiger partial charge in [0.1, 0.15) is 18.8 Å². The van der Waals surface area contributed by atoms with Gasteiger partial charge in [-0.15, -0.1) is 11.8 Å². The SMILES string of the molecule is CCSC1=CC(CNC(=O)[C@H](C)N(C(=O)OCc2ccccc2)c2cccc3ccccc23)ON1. The number of rotatable bonds is 9. The van der Waals surface area contributed by atoms with Crippen molar-refractivity contribution < 1.29 is 19.2 Å². The highest BCUT2D eigenvalue weighted by Crippen LogP contribution is 2.29. The molecule has 0 aliphatic carbocycles. The van der Waals surface area contributed by atoms with Crippen molar-refractivity contribution in [3.63, 3.8) is 0 Å². The third kappa shape index (κ3) is 6.15. The predicted molar refractivity (Wildman–Crippen MR) is 140 cm³/mol. The van der Waals surface area contributed by atoms with Gasteiger partial charge >= 0.3 is 6.09 Å². The van der Waals surface area contributed by atoms with Crippen molar-refractivity contribution >= 4 is 40.2 Å². The molecule has 0 spiro atoms. The molecule has 0 saturated heterocycles. The summed E-state index contributed by atoms with van der Waals surface area (Å²) >= 11 is 1.64. The first kappa shape index (κ1) is 24.6. The molecule has 7 nitrogen and oxygen atoms in total. The van der Waals surface area contributed by atoms with Crippen LogP contribution in [0.2, 0.25) is 0 Å². The largest absolute Gasteiger partial charge is 0.444 e. The Morgan fingerprint density at radius 2 is 1.83 bits per heavy atom. The Balaban J connectivity index is 1.53. The summed E-state index contributed by atoms with van der Waals surface area (Å²) in [6.07, 6.45) is 1.07. The van der Waals surface area contributed by atoms with Crippen LogP contribution in [0.15, 0.2) is 83.9 Å². The summed E-state index contributed by atoms with van der Waals surface area (Å²) in [5.41, 5.74) is 4.35. The van der Waals surface area contributed by atoms with E-state index in [4.69, 9.17) is 9.57 Å². The molecular formula is C27H29N3O4S. The van der Waals surface area contributed by atoms with Crippen molar-refractivity contribution in [2.75, 3.05) is 17.2 Å². The summed E-state index contributed by atoms with van der Waals surface area (Å²) in [6.45, 7) is 4.15. The maximum absolute atomic E-state index is 13.4. The number of nitrogens with one attached hydrogen (secondary N) is 2. The van der Waals surface area contributed by atoms with Crippen molar-refractivity contribution in [3.8, 4) is 0 Å². The summed E-state index contributed by atoms with van der Waals surface area (Å²) in [5.74, 6) is 0.617. The predicted octanol–water partition coefficient (Wildman–Crippen LogP) is 4.99. The minimum absolute atomic E-state index is 0.111. The van der Waals surface area contributed by atoms with E-state index in [0.717, 1.165) is 27.1 Å². The third-order valence-electron chi connectivity index (χ3n) is 5.62. The topological polar surface area (TPSA) is 79.9 Å². The van der Waals surface area contributed by atoms with E-state index >= 15 is 0 Å². The van der Waals surface area contributed by atoms with Crippen LogP contribution < -0.4 is 15.7 Å². The van der Waals surface area contributed by atoms with Crippen molar-refractivity contribution in [1.82, 2.24) is 10.8 Å². The fourth-order valence-electron chi connectivity index (χ4n) is 3.84. The lowest BCUT2D eigenvalue weighted by atomic mass is 10.1. The lowest BCUT2D eigenvalue weighted by Gasteiger charge is -2.29. The first-order chi connectivity index (χ1) is 17.1. The molecule has 182 valence electrons. The van der Waals surface area contributed by atoms with Gasteiger partial charge in [-0.1, -0.05) is 73.7 Å². The molecule has 2 amide bonds. The number of carbonyl (C=O) groups is 2. The average Bonchev–Trinajstić information content (AvgIpc) is 3.34. The number of anilines is 1. The quantitative estimate of drug-likeness (QED) is 0.439. The summed E-state index contributed by atoms with van der Waals surface area (Å²) in [5, 5.41) is 5.67. The molecule has 1 aliphatic heterocycles. The normalized spacial score (nSPS) is 15.7. The van der Waals surface area contributed by atoms with Gasteiger partial charge < -0.3 is 10.1 Å². The van der Waals surface area contributed by atoms with E-state index in [-0.39, 0.29) is 25.2 Å². The Hall–Kier alpha value is -3.49. The minimum Gasteiger partial charge on any atom is -0.444 e. The van der Waals surface area contributed by atoms with Crippen LogP contribution in [0.5, 0.6) is 0 Å². The number of hydrogen-bond acceptors (Lipinski definition) is 6.